The van der Waals surface area contributed by atoms with E-state index >= 15 is 0 Å². The van der Waals surface area contributed by atoms with Crippen molar-refractivity contribution in [3.8, 4) is 0 Å². The predicted octanol–water partition coefficient (Wildman–Crippen LogP) is 2.41. The summed E-state index contributed by atoms with van der Waals surface area (Å²) in [6.45, 7) is 3.68. The Balaban J connectivity index is 1.68. The molecular weight excluding hydrogens is 366 g/mol. The number of rotatable bonds is 3. The first-order chi connectivity index (χ1) is 14.0. The third kappa shape index (κ3) is 2.69. The minimum Gasteiger partial charge on any atom is -0.310 e. The monoisotopic (exact) mass is 387 g/mol. The van der Waals surface area contributed by atoms with Gasteiger partial charge in [-0.25, -0.2) is 4.79 Å². The van der Waals surface area contributed by atoms with E-state index in [1.54, 1.807) is 7.05 Å². The van der Waals surface area contributed by atoms with Gasteiger partial charge in [0.15, 0.2) is 11.2 Å². The lowest BCUT2D eigenvalue weighted by Crippen LogP contribution is -2.40. The van der Waals surface area contributed by atoms with Crippen LogP contribution in [-0.2, 0) is 20.1 Å². The number of anilines is 2. The molecule has 7 heteroatoms. The van der Waals surface area contributed by atoms with Crippen molar-refractivity contribution < 1.29 is 0 Å². The molecule has 0 saturated carbocycles. The third-order valence-electron chi connectivity index (χ3n) is 5.53. The molecule has 29 heavy (non-hydrogen) atoms. The summed E-state index contributed by atoms with van der Waals surface area (Å²) in [5.41, 5.74) is 3.38. The van der Waals surface area contributed by atoms with Gasteiger partial charge >= 0.3 is 5.69 Å². The summed E-state index contributed by atoms with van der Waals surface area (Å²) in [5, 5.41) is 0. The highest BCUT2D eigenvalue weighted by Crippen LogP contribution is 2.31. The zero-order valence-electron chi connectivity index (χ0n) is 16.4. The van der Waals surface area contributed by atoms with Crippen LogP contribution in [0.3, 0.4) is 0 Å². The number of imidazole rings is 1. The highest BCUT2D eigenvalue weighted by Gasteiger charge is 2.28. The van der Waals surface area contributed by atoms with E-state index in [2.05, 4.69) is 34.1 Å². The molecule has 7 nitrogen and oxygen atoms in total. The molecule has 0 radical (unpaired) electrons. The number of hydrogen-bond donors (Lipinski definition) is 0. The van der Waals surface area contributed by atoms with Crippen LogP contribution in [0.2, 0.25) is 0 Å². The zero-order chi connectivity index (χ0) is 20.1. The van der Waals surface area contributed by atoms with Gasteiger partial charge in [0.1, 0.15) is 0 Å². The fourth-order valence-electron chi connectivity index (χ4n) is 3.95. The van der Waals surface area contributed by atoms with Gasteiger partial charge in [-0.1, -0.05) is 48.0 Å². The topological polar surface area (TPSA) is 65.1 Å². The van der Waals surface area contributed by atoms with Gasteiger partial charge in [0.05, 0.1) is 6.54 Å². The molecule has 1 aliphatic heterocycles. The number of aromatic nitrogens is 4. The Bertz CT molecular complexity index is 1330. The van der Waals surface area contributed by atoms with Gasteiger partial charge in [0.2, 0.25) is 5.95 Å². The van der Waals surface area contributed by atoms with Gasteiger partial charge in [-0.15, -0.1) is 0 Å². The van der Waals surface area contributed by atoms with Crippen molar-refractivity contribution in [3.05, 3.63) is 86.6 Å². The molecule has 0 bridgehead atoms. The minimum atomic E-state index is -0.356. The molecule has 0 atom stereocenters. The average molecular weight is 387 g/mol. The van der Waals surface area contributed by atoms with Crippen LogP contribution in [0.25, 0.3) is 11.2 Å². The van der Waals surface area contributed by atoms with Crippen molar-refractivity contribution in [2.24, 2.45) is 7.05 Å². The van der Waals surface area contributed by atoms with E-state index in [4.69, 9.17) is 0 Å². The van der Waals surface area contributed by atoms with Crippen LogP contribution in [-0.4, -0.2) is 25.2 Å². The highest BCUT2D eigenvalue weighted by atomic mass is 16.2. The lowest BCUT2D eigenvalue weighted by atomic mass is 10.2. The quantitative estimate of drug-likeness (QED) is 0.542. The summed E-state index contributed by atoms with van der Waals surface area (Å²) >= 11 is 0. The normalized spacial score (nSPS) is 13.2. The molecule has 0 unspecified atom stereocenters. The smallest absolute Gasteiger partial charge is 0.310 e. The van der Waals surface area contributed by atoms with Gasteiger partial charge in [-0.05, 0) is 24.6 Å². The maximum atomic E-state index is 13.3. The lowest BCUT2D eigenvalue weighted by molar-refractivity contribution is 0.652. The Morgan fingerprint density at radius 2 is 1.69 bits per heavy atom. The number of hydrogen-bond acceptors (Lipinski definition) is 4. The molecule has 0 aliphatic carbocycles. The Morgan fingerprint density at radius 1 is 0.966 bits per heavy atom. The highest BCUT2D eigenvalue weighted by molar-refractivity contribution is 5.77. The maximum Gasteiger partial charge on any atom is 0.332 e. The first kappa shape index (κ1) is 17.5. The molecule has 3 heterocycles. The molecule has 4 aromatic rings. The number of nitrogens with zero attached hydrogens (tertiary/aromatic N) is 5. The molecule has 146 valence electrons. The van der Waals surface area contributed by atoms with E-state index in [1.807, 2.05) is 41.8 Å². The largest absolute Gasteiger partial charge is 0.332 e. The Kier molecular flexibility index (Phi) is 3.91. The van der Waals surface area contributed by atoms with Crippen LogP contribution in [0, 0.1) is 6.92 Å². The number of aryl methyl sites for hydroxylation is 2. The van der Waals surface area contributed by atoms with E-state index in [0.29, 0.717) is 23.7 Å². The first-order valence-electron chi connectivity index (χ1n) is 9.63. The van der Waals surface area contributed by atoms with Crippen LogP contribution in [0.4, 0.5) is 11.6 Å². The fourth-order valence-corrected chi connectivity index (χ4v) is 3.95. The summed E-state index contributed by atoms with van der Waals surface area (Å²) < 4.78 is 4.69. The second kappa shape index (κ2) is 6.48. The van der Waals surface area contributed by atoms with Crippen molar-refractivity contribution in [1.82, 2.24) is 18.7 Å². The van der Waals surface area contributed by atoms with Crippen molar-refractivity contribution in [3.63, 3.8) is 0 Å². The van der Waals surface area contributed by atoms with Crippen molar-refractivity contribution >= 4 is 22.8 Å². The Hall–Kier alpha value is -3.61. The zero-order valence-corrected chi connectivity index (χ0v) is 16.4. The van der Waals surface area contributed by atoms with Crippen LogP contribution in [0.5, 0.6) is 0 Å². The Morgan fingerprint density at radius 3 is 2.41 bits per heavy atom. The van der Waals surface area contributed by atoms with E-state index in [-0.39, 0.29) is 17.8 Å². The second-order valence-corrected chi connectivity index (χ2v) is 7.44. The molecule has 1 aliphatic rings. The van der Waals surface area contributed by atoms with E-state index < -0.39 is 0 Å². The van der Waals surface area contributed by atoms with E-state index in [0.717, 1.165) is 17.8 Å². The van der Waals surface area contributed by atoms with Crippen molar-refractivity contribution in [2.75, 3.05) is 11.4 Å². The number of benzene rings is 2. The second-order valence-electron chi connectivity index (χ2n) is 7.44. The molecule has 5 rings (SSSR count). The summed E-state index contributed by atoms with van der Waals surface area (Å²) in [6, 6.07) is 17.8. The van der Waals surface area contributed by atoms with Gasteiger partial charge in [0.25, 0.3) is 5.56 Å². The number of fused-ring (bicyclic) bond motifs is 3. The first-order valence-corrected chi connectivity index (χ1v) is 9.63. The summed E-state index contributed by atoms with van der Waals surface area (Å²) in [5.74, 6) is 0.702. The van der Waals surface area contributed by atoms with E-state index in [9.17, 15) is 9.59 Å². The van der Waals surface area contributed by atoms with Gasteiger partial charge in [0, 0.05) is 25.8 Å². The molecule has 0 spiro atoms. The van der Waals surface area contributed by atoms with Crippen LogP contribution in [0.15, 0.2) is 64.2 Å². The SMILES string of the molecule is Cc1ccc(N2CCn3c2nc2c3c(=O)n(Cc3ccccc3)c(=O)n2C)cc1. The maximum absolute atomic E-state index is 13.3. The standard InChI is InChI=1S/C22H21N5O2/c1-15-8-10-17(11-9-15)25-12-13-26-18-19(23-21(25)26)24(2)22(29)27(20(18)28)14-16-6-4-3-5-7-16/h3-11H,12-14H2,1-2H3. The van der Waals surface area contributed by atoms with Crippen LogP contribution < -0.4 is 16.1 Å². The lowest BCUT2D eigenvalue weighted by Gasteiger charge is -2.16. The van der Waals surface area contributed by atoms with Crippen molar-refractivity contribution in [1.29, 1.82) is 0 Å². The van der Waals surface area contributed by atoms with E-state index in [1.165, 1.54) is 14.7 Å². The molecule has 0 amide bonds. The summed E-state index contributed by atoms with van der Waals surface area (Å²) in [6.07, 6.45) is 0. The van der Waals surface area contributed by atoms with Gasteiger partial charge in [-0.2, -0.15) is 4.98 Å². The third-order valence-corrected chi connectivity index (χ3v) is 5.53. The predicted molar refractivity (Wildman–Crippen MR) is 113 cm³/mol. The average Bonchev–Trinajstić information content (AvgIpc) is 3.30. The molecule has 0 N–H and O–H groups in total. The molecule has 0 fully saturated rings. The van der Waals surface area contributed by atoms with Gasteiger partial charge < -0.3 is 9.47 Å². The fraction of sp³-hybridized carbons (Fsp3) is 0.227. The van der Waals surface area contributed by atoms with Crippen LogP contribution >= 0.6 is 0 Å². The van der Waals surface area contributed by atoms with Gasteiger partial charge in [-0.3, -0.25) is 13.9 Å². The summed E-state index contributed by atoms with van der Waals surface area (Å²) in [7, 11) is 1.67. The molecular formula is C22H21N5O2. The molecule has 0 saturated heterocycles. The molecule has 2 aromatic heterocycles. The Labute approximate surface area is 167 Å². The van der Waals surface area contributed by atoms with Crippen LogP contribution in [0.1, 0.15) is 11.1 Å². The molecule has 2 aromatic carbocycles. The summed E-state index contributed by atoms with van der Waals surface area (Å²) in [4.78, 5) is 32.9. The van der Waals surface area contributed by atoms with Crippen molar-refractivity contribution in [2.45, 2.75) is 20.0 Å². The minimum absolute atomic E-state index is 0.241.